The zero-order valence-corrected chi connectivity index (χ0v) is 14.7. The van der Waals surface area contributed by atoms with E-state index in [1.165, 1.54) is 11.1 Å². The predicted molar refractivity (Wildman–Crippen MR) is 101 cm³/mol. The Morgan fingerprint density at radius 1 is 1.19 bits per heavy atom. The number of aromatic amines is 1. The van der Waals surface area contributed by atoms with E-state index in [1.54, 1.807) is 12.1 Å². The van der Waals surface area contributed by atoms with Gasteiger partial charge >= 0.3 is 0 Å². The smallest absolute Gasteiger partial charge is 0.280 e. The summed E-state index contributed by atoms with van der Waals surface area (Å²) < 4.78 is 0. The Bertz CT molecular complexity index is 1010. The van der Waals surface area contributed by atoms with Crippen molar-refractivity contribution in [2.24, 2.45) is 0 Å². The first kappa shape index (κ1) is 16.5. The number of rotatable bonds is 3. The van der Waals surface area contributed by atoms with Crippen molar-refractivity contribution in [3.05, 3.63) is 75.7 Å². The number of aromatic nitrogens is 2. The number of para-hydroxylation sites is 2. The summed E-state index contributed by atoms with van der Waals surface area (Å²) in [6.07, 6.45) is 2.70. The second-order valence-electron chi connectivity index (χ2n) is 6.92. The molecule has 1 saturated heterocycles. The van der Waals surface area contributed by atoms with Crippen LogP contribution in [0.2, 0.25) is 0 Å². The fourth-order valence-corrected chi connectivity index (χ4v) is 3.62. The van der Waals surface area contributed by atoms with Crippen LogP contribution >= 0.6 is 0 Å². The van der Waals surface area contributed by atoms with Gasteiger partial charge < -0.3 is 9.88 Å². The number of amides is 1. The highest BCUT2D eigenvalue weighted by Crippen LogP contribution is 2.23. The number of carbonyl (C=O) groups is 1. The average molecular weight is 347 g/mol. The molecule has 1 amide bonds. The van der Waals surface area contributed by atoms with Crippen LogP contribution < -0.4 is 5.56 Å². The minimum atomic E-state index is -0.422. The minimum Gasteiger partial charge on any atom is -0.334 e. The lowest BCUT2D eigenvalue weighted by Crippen LogP contribution is -2.40. The molecule has 1 N–H and O–H groups in total. The van der Waals surface area contributed by atoms with Gasteiger partial charge in [0.15, 0.2) is 5.69 Å². The summed E-state index contributed by atoms with van der Waals surface area (Å²) in [5.41, 5.74) is 3.27. The van der Waals surface area contributed by atoms with Gasteiger partial charge in [0, 0.05) is 12.6 Å². The second kappa shape index (κ2) is 6.75. The molecule has 4 rings (SSSR count). The van der Waals surface area contributed by atoms with Gasteiger partial charge in [0.2, 0.25) is 0 Å². The Labute approximate surface area is 151 Å². The number of H-pyrrole nitrogens is 1. The molecule has 1 atom stereocenters. The van der Waals surface area contributed by atoms with Crippen LogP contribution in [0.3, 0.4) is 0 Å². The third-order valence-electron chi connectivity index (χ3n) is 5.03. The van der Waals surface area contributed by atoms with Gasteiger partial charge in [-0.1, -0.05) is 42.0 Å². The molecular weight excluding hydrogens is 326 g/mol. The summed E-state index contributed by atoms with van der Waals surface area (Å²) >= 11 is 0. The van der Waals surface area contributed by atoms with Gasteiger partial charge in [0.25, 0.3) is 11.5 Å². The second-order valence-corrected chi connectivity index (χ2v) is 6.92. The molecule has 132 valence electrons. The van der Waals surface area contributed by atoms with Crippen molar-refractivity contribution in [2.75, 3.05) is 6.54 Å². The highest BCUT2D eigenvalue weighted by Gasteiger charge is 2.31. The topological polar surface area (TPSA) is 66.1 Å². The number of fused-ring (bicyclic) bond motifs is 1. The summed E-state index contributed by atoms with van der Waals surface area (Å²) in [7, 11) is 0. The van der Waals surface area contributed by atoms with E-state index in [-0.39, 0.29) is 17.6 Å². The number of hydrogen-bond donors (Lipinski definition) is 1. The number of hydrogen-bond acceptors (Lipinski definition) is 3. The molecule has 0 radical (unpaired) electrons. The monoisotopic (exact) mass is 347 g/mol. The van der Waals surface area contributed by atoms with Gasteiger partial charge in [-0.3, -0.25) is 9.59 Å². The molecule has 1 aliphatic rings. The van der Waals surface area contributed by atoms with Crippen LogP contribution in [-0.4, -0.2) is 33.4 Å². The summed E-state index contributed by atoms with van der Waals surface area (Å²) in [6, 6.07) is 15.8. The van der Waals surface area contributed by atoms with E-state index in [1.807, 2.05) is 17.0 Å². The zero-order valence-electron chi connectivity index (χ0n) is 14.7. The Hall–Kier alpha value is -2.95. The summed E-state index contributed by atoms with van der Waals surface area (Å²) in [5.74, 6) is -0.272. The van der Waals surface area contributed by atoms with Crippen molar-refractivity contribution < 1.29 is 4.79 Å². The van der Waals surface area contributed by atoms with Crippen molar-refractivity contribution in [1.29, 1.82) is 0 Å². The van der Waals surface area contributed by atoms with Crippen LogP contribution in [-0.2, 0) is 6.42 Å². The van der Waals surface area contributed by atoms with Crippen molar-refractivity contribution in [1.82, 2.24) is 14.9 Å². The molecule has 5 nitrogen and oxygen atoms in total. The Kier molecular flexibility index (Phi) is 4.29. The molecule has 1 aliphatic heterocycles. The first-order chi connectivity index (χ1) is 12.6. The highest BCUT2D eigenvalue weighted by molar-refractivity contribution is 5.94. The Balaban J connectivity index is 1.61. The molecule has 2 heterocycles. The van der Waals surface area contributed by atoms with E-state index in [4.69, 9.17) is 0 Å². The molecule has 0 spiro atoms. The van der Waals surface area contributed by atoms with Crippen LogP contribution in [0.4, 0.5) is 0 Å². The lowest BCUT2D eigenvalue weighted by Gasteiger charge is -2.24. The molecule has 1 fully saturated rings. The van der Waals surface area contributed by atoms with Crippen molar-refractivity contribution in [3.8, 4) is 0 Å². The van der Waals surface area contributed by atoms with Gasteiger partial charge in [0.1, 0.15) is 0 Å². The maximum Gasteiger partial charge on any atom is 0.280 e. The Morgan fingerprint density at radius 3 is 2.77 bits per heavy atom. The number of nitrogens with zero attached hydrogens (tertiary/aromatic N) is 2. The third-order valence-corrected chi connectivity index (χ3v) is 5.03. The molecule has 0 saturated carbocycles. The number of benzene rings is 2. The molecule has 2 aromatic carbocycles. The lowest BCUT2D eigenvalue weighted by molar-refractivity contribution is 0.0729. The number of nitrogens with one attached hydrogen (secondary N) is 1. The number of aryl methyl sites for hydroxylation is 1. The molecular formula is C21H21N3O2. The molecule has 26 heavy (non-hydrogen) atoms. The normalized spacial score (nSPS) is 17.0. The lowest BCUT2D eigenvalue weighted by atomic mass is 10.0. The molecule has 0 aliphatic carbocycles. The zero-order chi connectivity index (χ0) is 18.1. The van der Waals surface area contributed by atoms with E-state index in [0.29, 0.717) is 17.6 Å². The molecule has 3 aromatic rings. The number of likely N-dealkylation sites (tertiary alicyclic amines) is 1. The first-order valence-corrected chi connectivity index (χ1v) is 8.97. The molecule has 0 bridgehead atoms. The maximum absolute atomic E-state index is 13.0. The van der Waals surface area contributed by atoms with Crippen LogP contribution in [0.15, 0.2) is 53.3 Å². The van der Waals surface area contributed by atoms with E-state index in [0.717, 1.165) is 19.3 Å². The molecule has 1 aromatic heterocycles. The summed E-state index contributed by atoms with van der Waals surface area (Å²) in [4.78, 5) is 34.3. The van der Waals surface area contributed by atoms with Gasteiger partial charge in [-0.05, 0) is 43.9 Å². The van der Waals surface area contributed by atoms with Crippen LogP contribution in [0.1, 0.15) is 34.5 Å². The highest BCUT2D eigenvalue weighted by atomic mass is 16.2. The molecule has 5 heteroatoms. The van der Waals surface area contributed by atoms with E-state index < -0.39 is 5.56 Å². The van der Waals surface area contributed by atoms with E-state index in [2.05, 4.69) is 41.2 Å². The Morgan fingerprint density at radius 2 is 1.96 bits per heavy atom. The predicted octanol–water partition coefficient (Wildman–Crippen LogP) is 3.08. The van der Waals surface area contributed by atoms with Gasteiger partial charge in [-0.25, -0.2) is 4.98 Å². The van der Waals surface area contributed by atoms with E-state index in [9.17, 15) is 9.59 Å². The fraction of sp³-hybridized carbons (Fsp3) is 0.286. The third kappa shape index (κ3) is 3.12. The van der Waals surface area contributed by atoms with Crippen LogP contribution in [0.25, 0.3) is 11.0 Å². The summed E-state index contributed by atoms with van der Waals surface area (Å²) in [6.45, 7) is 2.73. The first-order valence-electron chi connectivity index (χ1n) is 8.97. The molecule has 1 unspecified atom stereocenters. The van der Waals surface area contributed by atoms with Gasteiger partial charge in [-0.2, -0.15) is 0 Å². The minimum absolute atomic E-state index is 0.0143. The maximum atomic E-state index is 13.0. The van der Waals surface area contributed by atoms with Crippen molar-refractivity contribution >= 4 is 16.9 Å². The quantitative estimate of drug-likeness (QED) is 0.792. The fourth-order valence-electron chi connectivity index (χ4n) is 3.62. The standard InChI is InChI=1S/C21H21N3O2/c1-14-8-10-15(11-9-14)13-16-5-4-12-24(16)21(26)19-20(25)23-18-7-3-2-6-17(18)22-19/h2-3,6-11,16H,4-5,12-13H2,1H3,(H,23,25). The average Bonchev–Trinajstić information content (AvgIpc) is 3.10. The van der Waals surface area contributed by atoms with Crippen LogP contribution in [0, 0.1) is 6.92 Å². The van der Waals surface area contributed by atoms with E-state index >= 15 is 0 Å². The largest absolute Gasteiger partial charge is 0.334 e. The van der Waals surface area contributed by atoms with Crippen LogP contribution in [0.5, 0.6) is 0 Å². The SMILES string of the molecule is Cc1ccc(CC2CCCN2C(=O)c2nc3ccccc3[nH]c2=O)cc1. The van der Waals surface area contributed by atoms with Crippen molar-refractivity contribution in [2.45, 2.75) is 32.2 Å². The van der Waals surface area contributed by atoms with Gasteiger partial charge in [0.05, 0.1) is 11.0 Å². The van der Waals surface area contributed by atoms with Gasteiger partial charge in [-0.15, -0.1) is 0 Å². The summed E-state index contributed by atoms with van der Waals surface area (Å²) in [5, 5.41) is 0. The van der Waals surface area contributed by atoms with Crippen molar-refractivity contribution in [3.63, 3.8) is 0 Å². The number of carbonyl (C=O) groups excluding carboxylic acids is 1.